The van der Waals surface area contributed by atoms with Gasteiger partial charge in [0.2, 0.25) is 5.13 Å². The van der Waals surface area contributed by atoms with E-state index in [9.17, 15) is 0 Å². The standard InChI is InChI=1S/C22H24BrN3OS/c1-2-3-4-7-14-27-21-9-6-5-8-18(21)15-24-26-22-25-20(16-28-22)17-10-12-19(23)13-11-17/h5-6,8-13,15-16H,2-4,7,14H2,1H3,(H,25,26)/b24-15+. The number of anilines is 1. The summed E-state index contributed by atoms with van der Waals surface area (Å²) in [4.78, 5) is 4.59. The lowest BCUT2D eigenvalue weighted by atomic mass is 10.2. The summed E-state index contributed by atoms with van der Waals surface area (Å²) in [6.07, 6.45) is 6.55. The number of hydrazone groups is 1. The number of para-hydroxylation sites is 1. The summed E-state index contributed by atoms with van der Waals surface area (Å²) >= 11 is 4.98. The average Bonchev–Trinajstić information content (AvgIpc) is 3.18. The molecule has 0 radical (unpaired) electrons. The maximum Gasteiger partial charge on any atom is 0.203 e. The SMILES string of the molecule is CCCCCCOc1ccccc1/C=N/Nc1nc(-c2ccc(Br)cc2)cs1. The summed E-state index contributed by atoms with van der Waals surface area (Å²) in [5.41, 5.74) is 5.99. The van der Waals surface area contributed by atoms with Crippen LogP contribution in [-0.2, 0) is 0 Å². The van der Waals surface area contributed by atoms with Crippen LogP contribution in [0.3, 0.4) is 0 Å². The van der Waals surface area contributed by atoms with E-state index in [-0.39, 0.29) is 0 Å². The minimum absolute atomic E-state index is 0.737. The van der Waals surface area contributed by atoms with Crippen LogP contribution in [0, 0.1) is 0 Å². The zero-order chi connectivity index (χ0) is 19.6. The van der Waals surface area contributed by atoms with Crippen LogP contribution in [0.1, 0.15) is 38.2 Å². The third kappa shape index (κ3) is 6.17. The maximum atomic E-state index is 5.92. The van der Waals surface area contributed by atoms with Crippen molar-refractivity contribution in [1.82, 2.24) is 4.98 Å². The van der Waals surface area contributed by atoms with E-state index in [0.29, 0.717) is 0 Å². The molecule has 1 heterocycles. The number of unbranched alkanes of at least 4 members (excludes halogenated alkanes) is 3. The van der Waals surface area contributed by atoms with Gasteiger partial charge in [-0.3, -0.25) is 5.43 Å². The van der Waals surface area contributed by atoms with E-state index >= 15 is 0 Å². The Morgan fingerprint density at radius 1 is 1.11 bits per heavy atom. The lowest BCUT2D eigenvalue weighted by Gasteiger charge is -2.08. The molecule has 0 aliphatic carbocycles. The first-order valence-electron chi connectivity index (χ1n) is 9.48. The minimum atomic E-state index is 0.737. The molecule has 0 bridgehead atoms. The fraction of sp³-hybridized carbons (Fsp3) is 0.273. The fourth-order valence-corrected chi connectivity index (χ4v) is 3.60. The first-order chi connectivity index (χ1) is 13.8. The van der Waals surface area contributed by atoms with Gasteiger partial charge in [0.15, 0.2) is 0 Å². The number of aromatic nitrogens is 1. The van der Waals surface area contributed by atoms with Gasteiger partial charge in [0.05, 0.1) is 18.5 Å². The van der Waals surface area contributed by atoms with E-state index in [1.54, 1.807) is 6.21 Å². The molecule has 1 aromatic heterocycles. The molecule has 28 heavy (non-hydrogen) atoms. The Morgan fingerprint density at radius 3 is 2.75 bits per heavy atom. The number of halogens is 1. The normalized spacial score (nSPS) is 11.1. The van der Waals surface area contributed by atoms with Crippen LogP contribution in [-0.4, -0.2) is 17.8 Å². The van der Waals surface area contributed by atoms with Crippen LogP contribution >= 0.6 is 27.3 Å². The van der Waals surface area contributed by atoms with Gasteiger partial charge >= 0.3 is 0 Å². The Kier molecular flexibility index (Phi) is 8.06. The topological polar surface area (TPSA) is 46.5 Å². The van der Waals surface area contributed by atoms with Crippen LogP contribution < -0.4 is 10.2 Å². The second-order valence-corrected chi connectivity index (χ2v) is 8.14. The van der Waals surface area contributed by atoms with Crippen molar-refractivity contribution in [1.29, 1.82) is 0 Å². The van der Waals surface area contributed by atoms with Crippen LogP contribution in [0.25, 0.3) is 11.3 Å². The maximum absolute atomic E-state index is 5.92. The number of nitrogens with one attached hydrogen (secondary N) is 1. The van der Waals surface area contributed by atoms with Crippen molar-refractivity contribution in [2.75, 3.05) is 12.0 Å². The smallest absolute Gasteiger partial charge is 0.203 e. The van der Waals surface area contributed by atoms with Crippen LogP contribution in [0.2, 0.25) is 0 Å². The van der Waals surface area contributed by atoms with E-state index in [4.69, 9.17) is 4.74 Å². The average molecular weight is 458 g/mol. The molecule has 1 N–H and O–H groups in total. The number of rotatable bonds is 10. The highest BCUT2D eigenvalue weighted by molar-refractivity contribution is 9.10. The van der Waals surface area contributed by atoms with E-state index in [0.717, 1.165) is 45.2 Å². The van der Waals surface area contributed by atoms with Crippen molar-refractivity contribution in [3.05, 3.63) is 63.9 Å². The Morgan fingerprint density at radius 2 is 1.93 bits per heavy atom. The molecule has 146 valence electrons. The van der Waals surface area contributed by atoms with Gasteiger partial charge in [0, 0.05) is 21.0 Å². The molecule has 2 aromatic carbocycles. The number of ether oxygens (including phenoxy) is 1. The summed E-state index contributed by atoms with van der Waals surface area (Å²) in [6.45, 7) is 2.95. The zero-order valence-corrected chi connectivity index (χ0v) is 18.3. The Hall–Kier alpha value is -2.18. The predicted octanol–water partition coefficient (Wildman–Crippen LogP) is 6.98. The first kappa shape index (κ1) is 20.6. The van der Waals surface area contributed by atoms with E-state index < -0.39 is 0 Å². The number of hydrogen-bond acceptors (Lipinski definition) is 5. The molecule has 0 atom stereocenters. The highest BCUT2D eigenvalue weighted by Crippen LogP contribution is 2.26. The minimum Gasteiger partial charge on any atom is -0.493 e. The van der Waals surface area contributed by atoms with Gasteiger partial charge in [-0.05, 0) is 30.7 Å². The molecule has 0 aliphatic heterocycles. The highest BCUT2D eigenvalue weighted by Gasteiger charge is 2.04. The second-order valence-electron chi connectivity index (χ2n) is 6.36. The molecule has 0 saturated carbocycles. The van der Waals surface area contributed by atoms with Gasteiger partial charge in [-0.2, -0.15) is 5.10 Å². The first-order valence-corrected chi connectivity index (χ1v) is 11.2. The summed E-state index contributed by atoms with van der Waals surface area (Å²) in [7, 11) is 0. The van der Waals surface area contributed by atoms with E-state index in [1.807, 2.05) is 53.9 Å². The Bertz CT molecular complexity index is 893. The van der Waals surface area contributed by atoms with Crippen molar-refractivity contribution in [2.45, 2.75) is 32.6 Å². The molecule has 0 saturated heterocycles. The molecule has 0 fully saturated rings. The Balaban J connectivity index is 1.57. The van der Waals surface area contributed by atoms with Gasteiger partial charge in [-0.15, -0.1) is 11.3 Å². The summed E-state index contributed by atoms with van der Waals surface area (Å²) < 4.78 is 6.98. The molecule has 3 rings (SSSR count). The quantitative estimate of drug-likeness (QED) is 0.203. The molecule has 4 nitrogen and oxygen atoms in total. The van der Waals surface area contributed by atoms with E-state index in [1.165, 1.54) is 30.6 Å². The van der Waals surface area contributed by atoms with Gasteiger partial charge in [0.1, 0.15) is 5.75 Å². The largest absolute Gasteiger partial charge is 0.493 e. The number of hydrogen-bond donors (Lipinski definition) is 1. The van der Waals surface area contributed by atoms with Gasteiger partial charge in [-0.25, -0.2) is 4.98 Å². The number of thiazole rings is 1. The van der Waals surface area contributed by atoms with Crippen LogP contribution in [0.15, 0.2) is 63.5 Å². The van der Waals surface area contributed by atoms with Crippen LogP contribution in [0.5, 0.6) is 5.75 Å². The molecule has 0 aliphatic rings. The summed E-state index contributed by atoms with van der Waals surface area (Å²) in [5, 5.41) is 7.12. The molecule has 0 amide bonds. The van der Waals surface area contributed by atoms with E-state index in [2.05, 4.69) is 38.4 Å². The molecule has 3 aromatic rings. The van der Waals surface area contributed by atoms with Gasteiger partial charge in [-0.1, -0.05) is 66.4 Å². The third-order valence-electron chi connectivity index (χ3n) is 4.18. The summed E-state index contributed by atoms with van der Waals surface area (Å²) in [6, 6.07) is 16.1. The van der Waals surface area contributed by atoms with Gasteiger partial charge < -0.3 is 4.74 Å². The summed E-state index contributed by atoms with van der Waals surface area (Å²) in [5.74, 6) is 0.860. The molecular weight excluding hydrogens is 434 g/mol. The molecular formula is C22H24BrN3OS. The van der Waals surface area contributed by atoms with Crippen molar-refractivity contribution >= 4 is 38.6 Å². The Labute approximate surface area is 178 Å². The number of benzene rings is 2. The van der Waals surface area contributed by atoms with Crippen molar-refractivity contribution in [2.24, 2.45) is 5.10 Å². The van der Waals surface area contributed by atoms with Crippen molar-refractivity contribution in [3.8, 4) is 17.0 Å². The lowest BCUT2D eigenvalue weighted by Crippen LogP contribution is -2.00. The second kappa shape index (κ2) is 11.0. The third-order valence-corrected chi connectivity index (χ3v) is 5.46. The molecule has 0 spiro atoms. The van der Waals surface area contributed by atoms with Crippen molar-refractivity contribution in [3.63, 3.8) is 0 Å². The molecule has 6 heteroatoms. The predicted molar refractivity (Wildman–Crippen MR) is 123 cm³/mol. The fourth-order valence-electron chi connectivity index (χ4n) is 2.66. The lowest BCUT2D eigenvalue weighted by molar-refractivity contribution is 0.304. The van der Waals surface area contributed by atoms with Crippen LogP contribution in [0.4, 0.5) is 5.13 Å². The number of nitrogens with zero attached hydrogens (tertiary/aromatic N) is 2. The monoisotopic (exact) mass is 457 g/mol. The zero-order valence-electron chi connectivity index (χ0n) is 15.9. The molecule has 0 unspecified atom stereocenters. The highest BCUT2D eigenvalue weighted by atomic mass is 79.9. The van der Waals surface area contributed by atoms with Crippen molar-refractivity contribution < 1.29 is 4.74 Å². The van der Waals surface area contributed by atoms with Gasteiger partial charge in [0.25, 0.3) is 0 Å².